The van der Waals surface area contributed by atoms with E-state index < -0.39 is 11.5 Å². The summed E-state index contributed by atoms with van der Waals surface area (Å²) in [6.07, 6.45) is 2.75. The highest BCUT2D eigenvalue weighted by Gasteiger charge is 2.19. The van der Waals surface area contributed by atoms with Gasteiger partial charge in [0.15, 0.2) is 11.5 Å². The monoisotopic (exact) mass is 482 g/mol. The van der Waals surface area contributed by atoms with Crippen molar-refractivity contribution in [3.05, 3.63) is 42.3 Å². The molecule has 1 aliphatic heterocycles. The molecular formula is C21H23ClN2O7S. The lowest BCUT2D eigenvalue weighted by atomic mass is 10.2. The van der Waals surface area contributed by atoms with Crippen molar-refractivity contribution < 1.29 is 28.9 Å². The van der Waals surface area contributed by atoms with Crippen LogP contribution >= 0.6 is 22.9 Å². The van der Waals surface area contributed by atoms with Crippen molar-refractivity contribution >= 4 is 47.0 Å². The van der Waals surface area contributed by atoms with E-state index in [0.717, 1.165) is 11.3 Å². The molecule has 2 aromatic rings. The Morgan fingerprint density at radius 1 is 1.31 bits per heavy atom. The molecule has 1 amide bonds. The van der Waals surface area contributed by atoms with Gasteiger partial charge in [-0.1, -0.05) is 11.6 Å². The summed E-state index contributed by atoms with van der Waals surface area (Å²) in [5, 5.41) is 9.99. The number of rotatable bonds is 6. The summed E-state index contributed by atoms with van der Waals surface area (Å²) in [7, 11) is 1.39. The summed E-state index contributed by atoms with van der Waals surface area (Å²) in [5.41, 5.74) is 0.0765. The number of hydrogen-bond donors (Lipinski definition) is 1. The van der Waals surface area contributed by atoms with Crippen molar-refractivity contribution in [3.63, 3.8) is 0 Å². The number of benzene rings is 1. The van der Waals surface area contributed by atoms with Gasteiger partial charge in [-0.2, -0.15) is 0 Å². The van der Waals surface area contributed by atoms with Gasteiger partial charge in [0, 0.05) is 13.1 Å². The molecular weight excluding hydrogens is 460 g/mol. The largest absolute Gasteiger partial charge is 0.503 e. The van der Waals surface area contributed by atoms with Crippen LogP contribution in [0.25, 0.3) is 12.2 Å². The van der Waals surface area contributed by atoms with Crippen LogP contribution in [0.5, 0.6) is 11.5 Å². The normalized spacial score (nSPS) is 15.2. The zero-order chi connectivity index (χ0) is 23.3. The number of morpholine rings is 1. The highest BCUT2D eigenvalue weighted by atomic mass is 35.5. The van der Waals surface area contributed by atoms with Crippen LogP contribution in [-0.2, 0) is 25.6 Å². The van der Waals surface area contributed by atoms with Gasteiger partial charge in [-0.05, 0) is 30.7 Å². The molecule has 11 heteroatoms. The minimum Gasteiger partial charge on any atom is -0.503 e. The molecule has 3 rings (SSSR count). The van der Waals surface area contributed by atoms with E-state index >= 15 is 0 Å². The molecule has 0 saturated carbocycles. The number of thiazole rings is 1. The number of carbonyl (C=O) groups is 2. The van der Waals surface area contributed by atoms with Crippen LogP contribution in [0.4, 0.5) is 0 Å². The van der Waals surface area contributed by atoms with E-state index in [1.54, 1.807) is 17.9 Å². The Morgan fingerprint density at radius 2 is 2.03 bits per heavy atom. The summed E-state index contributed by atoms with van der Waals surface area (Å²) in [6, 6.07) is 3.01. The first-order chi connectivity index (χ1) is 15.3. The number of phenols is 1. The third-order valence-electron chi connectivity index (χ3n) is 4.69. The van der Waals surface area contributed by atoms with Crippen LogP contribution in [0.2, 0.25) is 5.02 Å². The Labute approximate surface area is 192 Å². The van der Waals surface area contributed by atoms with Crippen LogP contribution in [0.3, 0.4) is 0 Å². The fourth-order valence-corrected chi connectivity index (χ4v) is 4.36. The summed E-state index contributed by atoms with van der Waals surface area (Å²) in [5.74, 6) is -0.904. The van der Waals surface area contributed by atoms with E-state index in [1.165, 1.54) is 29.9 Å². The Kier molecular flexibility index (Phi) is 7.94. The van der Waals surface area contributed by atoms with Gasteiger partial charge in [0.25, 0.3) is 5.56 Å². The average molecular weight is 483 g/mol. The summed E-state index contributed by atoms with van der Waals surface area (Å²) in [4.78, 5) is 39.5. The number of aromatic nitrogens is 1. The van der Waals surface area contributed by atoms with E-state index in [2.05, 4.69) is 0 Å². The number of amides is 1. The van der Waals surface area contributed by atoms with Crippen molar-refractivity contribution in [2.24, 2.45) is 0 Å². The van der Waals surface area contributed by atoms with Gasteiger partial charge in [0.1, 0.15) is 11.2 Å². The molecule has 0 aliphatic carbocycles. The number of nitrogens with zero attached hydrogens (tertiary/aromatic N) is 2. The zero-order valence-corrected chi connectivity index (χ0v) is 19.2. The first-order valence-corrected chi connectivity index (χ1v) is 11.0. The molecule has 1 fully saturated rings. The van der Waals surface area contributed by atoms with Crippen LogP contribution in [-0.4, -0.2) is 66.5 Å². The second kappa shape index (κ2) is 10.7. The topological polar surface area (TPSA) is 107 Å². The van der Waals surface area contributed by atoms with Crippen LogP contribution in [0.1, 0.15) is 12.5 Å². The molecule has 9 nitrogen and oxygen atoms in total. The zero-order valence-electron chi connectivity index (χ0n) is 17.6. The van der Waals surface area contributed by atoms with Gasteiger partial charge in [-0.3, -0.25) is 14.2 Å². The lowest BCUT2D eigenvalue weighted by Gasteiger charge is -2.26. The third-order valence-corrected chi connectivity index (χ3v) is 6.04. The molecule has 1 aliphatic rings. The van der Waals surface area contributed by atoms with Gasteiger partial charge in [0.05, 0.1) is 42.6 Å². The number of esters is 1. The van der Waals surface area contributed by atoms with Crippen LogP contribution in [0, 0.1) is 0 Å². The van der Waals surface area contributed by atoms with E-state index in [1.807, 2.05) is 0 Å². The number of hydrogen-bond acceptors (Lipinski definition) is 8. The molecule has 0 unspecified atom stereocenters. The predicted octanol–water partition coefficient (Wildman–Crippen LogP) is 0.309. The van der Waals surface area contributed by atoms with Crippen molar-refractivity contribution in [3.8, 4) is 11.5 Å². The van der Waals surface area contributed by atoms with Crippen molar-refractivity contribution in [1.29, 1.82) is 0 Å². The standard InChI is InChI=1S/C21H23ClN2O7S/c1-3-31-19(26)11-18-24(12-17(25)23-4-6-30-7-5-23)21(28)16(32-18)10-13-8-14(22)20(27)15(9-13)29-2/h8-11,27H,3-7,12H2,1-2H3/b16-10-,18-11-. The van der Waals surface area contributed by atoms with Gasteiger partial charge in [-0.15, -0.1) is 11.3 Å². The van der Waals surface area contributed by atoms with Gasteiger partial charge >= 0.3 is 5.97 Å². The van der Waals surface area contributed by atoms with Gasteiger partial charge in [-0.25, -0.2) is 4.79 Å². The van der Waals surface area contributed by atoms with E-state index in [0.29, 0.717) is 31.9 Å². The van der Waals surface area contributed by atoms with Crippen LogP contribution in [0.15, 0.2) is 16.9 Å². The SMILES string of the molecule is CCOC(=O)/C=c1\s/c(=C\c2cc(Cl)c(O)c(OC)c2)c(=O)n1CC(=O)N1CCOCC1. The van der Waals surface area contributed by atoms with Crippen molar-refractivity contribution in [2.45, 2.75) is 13.5 Å². The molecule has 172 valence electrons. The number of carbonyl (C=O) groups excluding carboxylic acids is 2. The van der Waals surface area contributed by atoms with Gasteiger partial charge < -0.3 is 24.2 Å². The van der Waals surface area contributed by atoms with E-state index in [9.17, 15) is 19.5 Å². The second-order valence-corrected chi connectivity index (χ2v) is 8.25. The van der Waals surface area contributed by atoms with Crippen molar-refractivity contribution in [1.82, 2.24) is 9.47 Å². The number of halogens is 1. The maximum Gasteiger partial charge on any atom is 0.333 e. The number of methoxy groups -OCH3 is 1. The van der Waals surface area contributed by atoms with Crippen LogP contribution < -0.4 is 19.5 Å². The summed E-state index contributed by atoms with van der Waals surface area (Å²) >= 11 is 7.09. The lowest BCUT2D eigenvalue weighted by molar-refractivity contribution is -0.136. The maximum absolute atomic E-state index is 13.1. The lowest BCUT2D eigenvalue weighted by Crippen LogP contribution is -2.45. The van der Waals surface area contributed by atoms with Crippen molar-refractivity contribution in [2.75, 3.05) is 40.0 Å². The molecule has 2 heterocycles. The molecule has 1 aromatic heterocycles. The maximum atomic E-state index is 13.1. The molecule has 0 bridgehead atoms. The molecule has 0 atom stereocenters. The fourth-order valence-electron chi connectivity index (χ4n) is 3.11. The minimum atomic E-state index is -0.609. The molecule has 0 spiro atoms. The number of phenolic OH excluding ortho intramolecular Hbond substituents is 1. The summed E-state index contributed by atoms with van der Waals surface area (Å²) < 4.78 is 17.1. The molecule has 1 aromatic carbocycles. The minimum absolute atomic E-state index is 0.0632. The first-order valence-electron chi connectivity index (χ1n) is 9.86. The average Bonchev–Trinajstić information content (AvgIpc) is 3.05. The second-order valence-electron chi connectivity index (χ2n) is 6.78. The predicted molar refractivity (Wildman–Crippen MR) is 120 cm³/mol. The molecule has 0 radical (unpaired) electrons. The first kappa shape index (κ1) is 23.8. The van der Waals surface area contributed by atoms with Gasteiger partial charge in [0.2, 0.25) is 5.91 Å². The Hall–Kier alpha value is -2.82. The highest BCUT2D eigenvalue weighted by Crippen LogP contribution is 2.35. The number of ether oxygens (including phenoxy) is 3. The molecule has 32 heavy (non-hydrogen) atoms. The quantitative estimate of drug-likeness (QED) is 0.590. The molecule has 1 N–H and O–H groups in total. The Bertz CT molecular complexity index is 1180. The third kappa shape index (κ3) is 5.50. The van der Waals surface area contributed by atoms with E-state index in [-0.39, 0.29) is 44.8 Å². The van der Waals surface area contributed by atoms with E-state index in [4.69, 9.17) is 25.8 Å². The smallest absolute Gasteiger partial charge is 0.333 e. The Morgan fingerprint density at radius 3 is 2.69 bits per heavy atom. The molecule has 1 saturated heterocycles. The Balaban J connectivity index is 2.07. The fraction of sp³-hybridized carbons (Fsp3) is 0.381. The number of aromatic hydroxyl groups is 1. The highest BCUT2D eigenvalue weighted by molar-refractivity contribution is 7.07. The summed E-state index contributed by atoms with van der Waals surface area (Å²) in [6.45, 7) is 3.41.